The second-order valence-corrected chi connectivity index (χ2v) is 6.38. The minimum absolute atomic E-state index is 0.0607. The smallest absolute Gasteiger partial charge is 0.226 e. The van der Waals surface area contributed by atoms with Crippen LogP contribution in [0.2, 0.25) is 0 Å². The van der Waals surface area contributed by atoms with Crippen molar-refractivity contribution in [3.63, 3.8) is 0 Å². The Morgan fingerprint density at radius 3 is 2.80 bits per heavy atom. The first-order valence-corrected chi connectivity index (χ1v) is 8.73. The van der Waals surface area contributed by atoms with Crippen LogP contribution in [0.5, 0.6) is 5.75 Å². The fourth-order valence-electron chi connectivity index (χ4n) is 3.03. The minimum atomic E-state index is 0.0607. The largest absolute Gasteiger partial charge is 0.492 e. The first-order valence-electron chi connectivity index (χ1n) is 8.73. The van der Waals surface area contributed by atoms with E-state index in [2.05, 4.69) is 11.0 Å². The van der Waals surface area contributed by atoms with Gasteiger partial charge in [0.05, 0.1) is 24.2 Å². The molecule has 1 atom stereocenters. The molecule has 6 heteroatoms. The average Bonchev–Trinajstić information content (AvgIpc) is 2.66. The highest BCUT2D eigenvalue weighted by molar-refractivity contribution is 5.78. The van der Waals surface area contributed by atoms with Crippen molar-refractivity contribution in [3.05, 3.63) is 29.8 Å². The van der Waals surface area contributed by atoms with Crippen LogP contribution in [-0.2, 0) is 9.53 Å². The number of benzene rings is 1. The zero-order chi connectivity index (χ0) is 18.1. The summed E-state index contributed by atoms with van der Waals surface area (Å²) in [7, 11) is 3.49. The van der Waals surface area contributed by atoms with Crippen LogP contribution >= 0.6 is 0 Å². The summed E-state index contributed by atoms with van der Waals surface area (Å²) in [6.45, 7) is 4.36. The predicted octanol–water partition coefficient (Wildman–Crippen LogP) is 1.75. The van der Waals surface area contributed by atoms with E-state index in [1.807, 2.05) is 19.2 Å². The van der Waals surface area contributed by atoms with E-state index in [4.69, 9.17) is 14.7 Å². The lowest BCUT2D eigenvalue weighted by molar-refractivity contribution is -0.136. The van der Waals surface area contributed by atoms with Gasteiger partial charge >= 0.3 is 0 Å². The number of nitriles is 1. The molecule has 2 rings (SSSR count). The van der Waals surface area contributed by atoms with Gasteiger partial charge in [0.25, 0.3) is 0 Å². The average molecular weight is 345 g/mol. The number of hydrogen-bond acceptors (Lipinski definition) is 5. The molecule has 1 aliphatic heterocycles. The number of carbonyl (C=O) groups excluding carboxylic acids is 1. The Labute approximate surface area is 149 Å². The molecule has 1 unspecified atom stereocenters. The predicted molar refractivity (Wildman–Crippen MR) is 95.3 cm³/mol. The maximum absolute atomic E-state index is 12.5. The van der Waals surface area contributed by atoms with Gasteiger partial charge in [-0.25, -0.2) is 0 Å². The standard InChI is InChI=1S/C19H27N3O3/c1-21(10-12-24-2)19(23)17-4-3-9-22(15-17)11-13-25-18-7-5-16(14-20)6-8-18/h5-8,17H,3-4,9-13,15H2,1-2H3. The molecule has 0 N–H and O–H groups in total. The van der Waals surface area contributed by atoms with E-state index in [0.29, 0.717) is 25.3 Å². The van der Waals surface area contributed by atoms with E-state index in [9.17, 15) is 4.79 Å². The molecule has 1 aromatic carbocycles. The molecule has 0 aliphatic carbocycles. The summed E-state index contributed by atoms with van der Waals surface area (Å²) in [5, 5.41) is 8.80. The Morgan fingerprint density at radius 2 is 2.12 bits per heavy atom. The lowest BCUT2D eigenvalue weighted by Gasteiger charge is -2.33. The summed E-state index contributed by atoms with van der Waals surface area (Å²) in [5.41, 5.74) is 0.627. The van der Waals surface area contributed by atoms with Gasteiger partial charge in [0.15, 0.2) is 0 Å². The number of hydrogen-bond donors (Lipinski definition) is 0. The zero-order valence-electron chi connectivity index (χ0n) is 15.1. The topological polar surface area (TPSA) is 65.8 Å². The van der Waals surface area contributed by atoms with Crippen LogP contribution in [-0.4, -0.2) is 69.3 Å². The van der Waals surface area contributed by atoms with E-state index in [1.54, 1.807) is 24.1 Å². The molecule has 136 valence electrons. The fraction of sp³-hybridized carbons (Fsp3) is 0.579. The lowest BCUT2D eigenvalue weighted by atomic mass is 9.96. The number of methoxy groups -OCH3 is 1. The SMILES string of the molecule is COCCN(C)C(=O)C1CCCN(CCOc2ccc(C#N)cc2)C1. The lowest BCUT2D eigenvalue weighted by Crippen LogP contribution is -2.45. The van der Waals surface area contributed by atoms with Gasteiger partial charge in [0.1, 0.15) is 12.4 Å². The number of piperidine rings is 1. The van der Waals surface area contributed by atoms with Crippen LogP contribution in [0, 0.1) is 17.2 Å². The van der Waals surface area contributed by atoms with Crippen molar-refractivity contribution in [2.45, 2.75) is 12.8 Å². The normalized spacial score (nSPS) is 17.7. The number of carbonyl (C=O) groups is 1. The Morgan fingerprint density at radius 1 is 1.36 bits per heavy atom. The van der Waals surface area contributed by atoms with Crippen LogP contribution < -0.4 is 4.74 Å². The molecule has 1 aromatic rings. The van der Waals surface area contributed by atoms with Gasteiger partial charge in [-0.1, -0.05) is 0 Å². The van der Waals surface area contributed by atoms with Gasteiger partial charge < -0.3 is 14.4 Å². The van der Waals surface area contributed by atoms with Crippen molar-refractivity contribution in [2.24, 2.45) is 5.92 Å². The van der Waals surface area contributed by atoms with Crippen LogP contribution in [0.3, 0.4) is 0 Å². The maximum Gasteiger partial charge on any atom is 0.226 e. The van der Waals surface area contributed by atoms with Crippen molar-refractivity contribution in [2.75, 3.05) is 53.6 Å². The van der Waals surface area contributed by atoms with Crippen molar-refractivity contribution >= 4 is 5.91 Å². The second-order valence-electron chi connectivity index (χ2n) is 6.38. The van der Waals surface area contributed by atoms with Crippen molar-refractivity contribution in [1.29, 1.82) is 5.26 Å². The van der Waals surface area contributed by atoms with E-state index >= 15 is 0 Å². The highest BCUT2D eigenvalue weighted by Crippen LogP contribution is 2.18. The molecule has 0 radical (unpaired) electrons. The van der Waals surface area contributed by atoms with Gasteiger partial charge in [-0.15, -0.1) is 0 Å². The molecule has 1 amide bonds. The molecule has 1 heterocycles. The van der Waals surface area contributed by atoms with Crippen molar-refractivity contribution in [3.8, 4) is 11.8 Å². The van der Waals surface area contributed by atoms with E-state index in [0.717, 1.165) is 38.2 Å². The molecule has 0 aromatic heterocycles. The summed E-state index contributed by atoms with van der Waals surface area (Å²) in [6.07, 6.45) is 1.98. The molecular formula is C19H27N3O3. The van der Waals surface area contributed by atoms with Crippen LogP contribution in [0.4, 0.5) is 0 Å². The monoisotopic (exact) mass is 345 g/mol. The Kier molecular flexibility index (Phi) is 7.71. The van der Waals surface area contributed by atoms with Gasteiger partial charge in [0, 0.05) is 33.8 Å². The molecule has 1 fully saturated rings. The van der Waals surface area contributed by atoms with Crippen molar-refractivity contribution < 1.29 is 14.3 Å². The highest BCUT2D eigenvalue weighted by atomic mass is 16.5. The Hall–Kier alpha value is -2.10. The Bertz CT molecular complexity index is 583. The third-order valence-electron chi connectivity index (χ3n) is 4.52. The number of amides is 1. The van der Waals surface area contributed by atoms with Gasteiger partial charge in [0.2, 0.25) is 5.91 Å². The minimum Gasteiger partial charge on any atom is -0.492 e. The molecule has 1 saturated heterocycles. The van der Waals surface area contributed by atoms with E-state index in [-0.39, 0.29) is 11.8 Å². The summed E-state index contributed by atoms with van der Waals surface area (Å²) >= 11 is 0. The number of likely N-dealkylation sites (tertiary alicyclic amines) is 1. The maximum atomic E-state index is 12.5. The summed E-state index contributed by atoms with van der Waals surface area (Å²) in [4.78, 5) is 16.6. The quantitative estimate of drug-likeness (QED) is 0.718. The third-order valence-corrected chi connectivity index (χ3v) is 4.52. The molecule has 25 heavy (non-hydrogen) atoms. The van der Waals surface area contributed by atoms with Crippen molar-refractivity contribution in [1.82, 2.24) is 9.80 Å². The van der Waals surface area contributed by atoms with Crippen LogP contribution in [0.25, 0.3) is 0 Å². The second kappa shape index (κ2) is 10.0. The highest BCUT2D eigenvalue weighted by Gasteiger charge is 2.27. The van der Waals surface area contributed by atoms with Crippen LogP contribution in [0.15, 0.2) is 24.3 Å². The summed E-state index contributed by atoms with van der Waals surface area (Å²) < 4.78 is 10.8. The molecular weight excluding hydrogens is 318 g/mol. The number of nitrogens with zero attached hydrogens (tertiary/aromatic N) is 3. The van der Waals surface area contributed by atoms with Gasteiger partial charge in [-0.3, -0.25) is 9.69 Å². The first kappa shape index (κ1) is 19.2. The third kappa shape index (κ3) is 6.04. The number of rotatable bonds is 8. The molecule has 0 spiro atoms. The number of likely N-dealkylation sites (N-methyl/N-ethyl adjacent to an activating group) is 1. The summed E-state index contributed by atoms with van der Waals surface area (Å²) in [5.74, 6) is 1.03. The van der Waals surface area contributed by atoms with Crippen LogP contribution in [0.1, 0.15) is 18.4 Å². The van der Waals surface area contributed by atoms with Gasteiger partial charge in [-0.2, -0.15) is 5.26 Å². The van der Waals surface area contributed by atoms with Gasteiger partial charge in [-0.05, 0) is 43.7 Å². The fourth-order valence-corrected chi connectivity index (χ4v) is 3.03. The molecule has 0 bridgehead atoms. The van der Waals surface area contributed by atoms with E-state index in [1.165, 1.54) is 0 Å². The molecule has 0 saturated carbocycles. The summed E-state index contributed by atoms with van der Waals surface area (Å²) in [6, 6.07) is 9.22. The molecule has 6 nitrogen and oxygen atoms in total. The molecule has 1 aliphatic rings. The zero-order valence-corrected chi connectivity index (χ0v) is 15.1. The number of ether oxygens (including phenoxy) is 2. The Balaban J connectivity index is 1.75. The first-order chi connectivity index (χ1) is 12.1. The van der Waals surface area contributed by atoms with E-state index < -0.39 is 0 Å².